The molecule has 0 radical (unpaired) electrons. The fourth-order valence-electron chi connectivity index (χ4n) is 2.52. The molecule has 1 fully saturated rings. The van der Waals surface area contributed by atoms with E-state index in [1.807, 2.05) is 0 Å². The Hall–Kier alpha value is -2.39. The average Bonchev–Trinajstić information content (AvgIpc) is 3.06. The Morgan fingerprint density at radius 1 is 1.40 bits per heavy atom. The van der Waals surface area contributed by atoms with Crippen LogP contribution in [0.3, 0.4) is 0 Å². The molecular weight excluding hydrogens is 346 g/mol. The number of urea groups is 1. The van der Waals surface area contributed by atoms with E-state index in [1.165, 1.54) is 46.6 Å². The number of benzene rings is 1. The number of carboxylic acids is 1. The number of rotatable bonds is 6. The molecular formula is C16H21N3O5S. The first-order valence-corrected chi connectivity index (χ1v) is 9.15. The number of amides is 2. The Kier molecular flexibility index (Phi) is 5.81. The second-order valence-corrected chi connectivity index (χ2v) is 7.84. The lowest BCUT2D eigenvalue weighted by Gasteiger charge is -2.18. The van der Waals surface area contributed by atoms with Crippen molar-refractivity contribution < 1.29 is 23.1 Å². The van der Waals surface area contributed by atoms with Gasteiger partial charge in [-0.2, -0.15) is 4.31 Å². The molecule has 1 aliphatic rings. The lowest BCUT2D eigenvalue weighted by Crippen LogP contribution is -2.33. The van der Waals surface area contributed by atoms with E-state index in [2.05, 4.69) is 11.9 Å². The Labute approximate surface area is 146 Å². The van der Waals surface area contributed by atoms with Crippen molar-refractivity contribution in [2.24, 2.45) is 5.92 Å². The molecule has 1 heterocycles. The molecule has 25 heavy (non-hydrogen) atoms. The molecule has 1 saturated heterocycles. The summed E-state index contributed by atoms with van der Waals surface area (Å²) in [4.78, 5) is 24.6. The van der Waals surface area contributed by atoms with Gasteiger partial charge in [0.15, 0.2) is 0 Å². The first-order valence-electron chi connectivity index (χ1n) is 7.71. The summed E-state index contributed by atoms with van der Waals surface area (Å²) < 4.78 is 25.8. The van der Waals surface area contributed by atoms with Crippen LogP contribution >= 0.6 is 0 Å². The second-order valence-electron chi connectivity index (χ2n) is 5.80. The predicted octanol–water partition coefficient (Wildman–Crippen LogP) is 1.43. The van der Waals surface area contributed by atoms with Gasteiger partial charge in [-0.3, -0.25) is 4.79 Å². The quantitative estimate of drug-likeness (QED) is 0.740. The molecule has 1 aromatic rings. The summed E-state index contributed by atoms with van der Waals surface area (Å²) in [6.07, 6.45) is 1.92. The van der Waals surface area contributed by atoms with Crippen LogP contribution in [0.25, 0.3) is 0 Å². The van der Waals surface area contributed by atoms with Gasteiger partial charge in [0, 0.05) is 32.4 Å². The predicted molar refractivity (Wildman–Crippen MR) is 92.8 cm³/mol. The Morgan fingerprint density at radius 2 is 2.04 bits per heavy atom. The van der Waals surface area contributed by atoms with E-state index in [-0.39, 0.29) is 18.0 Å². The van der Waals surface area contributed by atoms with Crippen LogP contribution in [0, 0.1) is 5.92 Å². The van der Waals surface area contributed by atoms with Crippen LogP contribution in [0.15, 0.2) is 41.8 Å². The molecule has 1 aromatic carbocycles. The van der Waals surface area contributed by atoms with Gasteiger partial charge in [-0.1, -0.05) is 6.08 Å². The van der Waals surface area contributed by atoms with Gasteiger partial charge >= 0.3 is 12.0 Å². The number of aliphatic carboxylic acids is 1. The van der Waals surface area contributed by atoms with Gasteiger partial charge in [0.2, 0.25) is 10.0 Å². The van der Waals surface area contributed by atoms with Crippen LogP contribution in [0.2, 0.25) is 0 Å². The highest BCUT2D eigenvalue weighted by Gasteiger charge is 2.30. The summed E-state index contributed by atoms with van der Waals surface area (Å²) in [5, 5.41) is 11.6. The number of anilines is 1. The zero-order chi connectivity index (χ0) is 18.6. The standard InChI is InChI=1S/C16H21N3O5S/c1-3-9-18(2)25(23,24)14-6-4-13(5-7-14)17-16(22)19-10-8-12(11-19)15(20)21/h3-7,12H,1,8-11H2,2H3,(H,17,22)(H,20,21). The second kappa shape index (κ2) is 7.66. The van der Waals surface area contributed by atoms with Crippen molar-refractivity contribution in [2.75, 3.05) is 32.0 Å². The molecule has 1 unspecified atom stereocenters. The van der Waals surface area contributed by atoms with Crippen LogP contribution in [-0.2, 0) is 14.8 Å². The van der Waals surface area contributed by atoms with Crippen molar-refractivity contribution in [1.29, 1.82) is 0 Å². The summed E-state index contributed by atoms with van der Waals surface area (Å²) in [7, 11) is -2.15. The zero-order valence-corrected chi connectivity index (χ0v) is 14.7. The van der Waals surface area contributed by atoms with Gasteiger partial charge in [-0.25, -0.2) is 13.2 Å². The monoisotopic (exact) mass is 367 g/mol. The van der Waals surface area contributed by atoms with E-state index in [1.54, 1.807) is 0 Å². The number of hydrogen-bond donors (Lipinski definition) is 2. The number of sulfonamides is 1. The van der Waals surface area contributed by atoms with Gasteiger partial charge in [0.25, 0.3) is 0 Å². The molecule has 0 aliphatic carbocycles. The third kappa shape index (κ3) is 4.37. The van der Waals surface area contributed by atoms with E-state index in [0.717, 1.165) is 0 Å². The third-order valence-corrected chi connectivity index (χ3v) is 5.86. The summed E-state index contributed by atoms with van der Waals surface area (Å²) in [5.74, 6) is -1.45. The van der Waals surface area contributed by atoms with Gasteiger partial charge in [-0.05, 0) is 30.7 Å². The van der Waals surface area contributed by atoms with Crippen molar-refractivity contribution in [3.8, 4) is 0 Å². The molecule has 2 amide bonds. The summed E-state index contributed by atoms with van der Waals surface area (Å²) >= 11 is 0. The number of likely N-dealkylation sites (tertiary alicyclic amines) is 1. The Morgan fingerprint density at radius 3 is 2.56 bits per heavy atom. The molecule has 0 spiro atoms. The molecule has 9 heteroatoms. The Balaban J connectivity index is 2.02. The maximum Gasteiger partial charge on any atom is 0.321 e. The number of likely N-dealkylation sites (N-methyl/N-ethyl adjacent to an activating group) is 1. The lowest BCUT2D eigenvalue weighted by molar-refractivity contribution is -0.141. The fourth-order valence-corrected chi connectivity index (χ4v) is 3.66. The largest absolute Gasteiger partial charge is 0.481 e. The molecule has 0 aromatic heterocycles. The first-order chi connectivity index (χ1) is 11.8. The molecule has 2 N–H and O–H groups in total. The molecule has 0 bridgehead atoms. The van der Waals surface area contributed by atoms with Crippen LogP contribution in [-0.4, -0.2) is 61.4 Å². The van der Waals surface area contributed by atoms with Crippen LogP contribution < -0.4 is 5.32 Å². The zero-order valence-electron chi connectivity index (χ0n) is 13.9. The average molecular weight is 367 g/mol. The topological polar surface area (TPSA) is 107 Å². The number of hydrogen-bond acceptors (Lipinski definition) is 4. The van der Waals surface area contributed by atoms with E-state index in [9.17, 15) is 18.0 Å². The van der Waals surface area contributed by atoms with E-state index in [0.29, 0.717) is 18.7 Å². The highest BCUT2D eigenvalue weighted by atomic mass is 32.2. The summed E-state index contributed by atoms with van der Waals surface area (Å²) in [5.41, 5.74) is 0.439. The van der Waals surface area contributed by atoms with E-state index < -0.39 is 27.9 Å². The maximum atomic E-state index is 12.3. The fraction of sp³-hybridized carbons (Fsp3) is 0.375. The number of nitrogens with one attached hydrogen (secondary N) is 1. The van der Waals surface area contributed by atoms with Crippen molar-refractivity contribution >= 4 is 27.7 Å². The maximum absolute atomic E-state index is 12.3. The van der Waals surface area contributed by atoms with Crippen molar-refractivity contribution in [3.63, 3.8) is 0 Å². The molecule has 0 saturated carbocycles. The SMILES string of the molecule is C=CCN(C)S(=O)(=O)c1ccc(NC(=O)N2CCC(C(=O)O)C2)cc1. The Bertz CT molecular complexity index is 760. The van der Waals surface area contributed by atoms with Gasteiger partial charge in [0.05, 0.1) is 10.8 Å². The minimum atomic E-state index is -3.61. The van der Waals surface area contributed by atoms with Crippen molar-refractivity contribution in [3.05, 3.63) is 36.9 Å². The number of carbonyl (C=O) groups is 2. The first kappa shape index (κ1) is 18.9. The molecule has 2 rings (SSSR count). The van der Waals surface area contributed by atoms with Crippen LogP contribution in [0.1, 0.15) is 6.42 Å². The molecule has 8 nitrogen and oxygen atoms in total. The summed E-state index contributed by atoms with van der Waals surface area (Å²) in [6.45, 7) is 4.25. The van der Waals surface area contributed by atoms with E-state index in [4.69, 9.17) is 5.11 Å². The highest BCUT2D eigenvalue weighted by molar-refractivity contribution is 7.89. The third-order valence-electron chi connectivity index (χ3n) is 4.02. The van der Waals surface area contributed by atoms with Crippen LogP contribution in [0.5, 0.6) is 0 Å². The minimum Gasteiger partial charge on any atom is -0.481 e. The number of carbonyl (C=O) groups excluding carboxylic acids is 1. The number of nitrogens with zero attached hydrogens (tertiary/aromatic N) is 2. The van der Waals surface area contributed by atoms with Crippen molar-refractivity contribution in [2.45, 2.75) is 11.3 Å². The summed E-state index contributed by atoms with van der Waals surface area (Å²) in [6, 6.07) is 5.42. The molecule has 1 atom stereocenters. The van der Waals surface area contributed by atoms with Crippen molar-refractivity contribution in [1.82, 2.24) is 9.21 Å². The normalized spacial score (nSPS) is 17.5. The van der Waals surface area contributed by atoms with Gasteiger partial charge in [0.1, 0.15) is 0 Å². The lowest BCUT2D eigenvalue weighted by atomic mass is 10.1. The van der Waals surface area contributed by atoms with Gasteiger partial charge in [-0.15, -0.1) is 6.58 Å². The van der Waals surface area contributed by atoms with Crippen LogP contribution in [0.4, 0.5) is 10.5 Å². The smallest absolute Gasteiger partial charge is 0.321 e. The van der Waals surface area contributed by atoms with E-state index >= 15 is 0 Å². The molecule has 136 valence electrons. The molecule has 1 aliphatic heterocycles. The minimum absolute atomic E-state index is 0.113. The highest BCUT2D eigenvalue weighted by Crippen LogP contribution is 2.20. The number of carboxylic acid groups (broad SMARTS) is 1. The van der Waals surface area contributed by atoms with Gasteiger partial charge < -0.3 is 15.3 Å².